The highest BCUT2D eigenvalue weighted by Gasteiger charge is 2.24. The summed E-state index contributed by atoms with van der Waals surface area (Å²) in [4.78, 5) is 25.2. The van der Waals surface area contributed by atoms with Gasteiger partial charge >= 0.3 is 6.03 Å². The minimum atomic E-state index is -0.566. The summed E-state index contributed by atoms with van der Waals surface area (Å²) in [6.45, 7) is 0. The summed E-state index contributed by atoms with van der Waals surface area (Å²) in [7, 11) is 5.08. The molecule has 0 aromatic heterocycles. The molecule has 1 rings (SSSR count). The van der Waals surface area contributed by atoms with Crippen LogP contribution in [0.2, 0.25) is 0 Å². The highest BCUT2D eigenvalue weighted by molar-refractivity contribution is 8.23. The van der Waals surface area contributed by atoms with Crippen molar-refractivity contribution in [3.63, 3.8) is 0 Å². The molecule has 0 saturated heterocycles. The van der Waals surface area contributed by atoms with Crippen LogP contribution in [0.1, 0.15) is 10.8 Å². The van der Waals surface area contributed by atoms with Gasteiger partial charge < -0.3 is 10.2 Å². The quantitative estimate of drug-likeness (QED) is 0.833. The summed E-state index contributed by atoms with van der Waals surface area (Å²) in [5, 5.41) is 4.07. The Kier molecular flexibility index (Phi) is 6.47. The Morgan fingerprint density at radius 2 is 1.85 bits per heavy atom. The molecule has 0 heterocycles. The number of nitrogens with zero attached hydrogens (tertiary/aromatic N) is 1. The molecule has 0 aliphatic heterocycles. The molecule has 7 heteroatoms. The van der Waals surface area contributed by atoms with Crippen molar-refractivity contribution in [1.29, 1.82) is 0 Å². The summed E-state index contributed by atoms with van der Waals surface area (Å²) in [6, 6.07) is 8.68. The van der Waals surface area contributed by atoms with Gasteiger partial charge in [-0.3, -0.25) is 10.1 Å². The van der Waals surface area contributed by atoms with Gasteiger partial charge in [0, 0.05) is 21.1 Å². The Labute approximate surface area is 128 Å². The van der Waals surface area contributed by atoms with Gasteiger partial charge in [0.2, 0.25) is 5.91 Å². The number of urea groups is 1. The first-order chi connectivity index (χ1) is 9.45. The van der Waals surface area contributed by atoms with E-state index in [9.17, 15) is 9.59 Å². The summed E-state index contributed by atoms with van der Waals surface area (Å²) in [6.07, 6.45) is 0. The highest BCUT2D eigenvalue weighted by Crippen LogP contribution is 2.30. The number of amides is 3. The van der Waals surface area contributed by atoms with E-state index < -0.39 is 17.2 Å². The van der Waals surface area contributed by atoms with Gasteiger partial charge in [0.05, 0.1) is 0 Å². The number of rotatable bonds is 3. The average molecular weight is 311 g/mol. The highest BCUT2D eigenvalue weighted by atomic mass is 32.2. The maximum Gasteiger partial charge on any atom is 0.321 e. The lowest BCUT2D eigenvalue weighted by Crippen LogP contribution is -2.40. The minimum Gasteiger partial charge on any atom is -0.364 e. The summed E-state index contributed by atoms with van der Waals surface area (Å²) < 4.78 is 0.575. The molecular weight excluding hydrogens is 294 g/mol. The predicted octanol–water partition coefficient (Wildman–Crippen LogP) is 1.76. The summed E-state index contributed by atoms with van der Waals surface area (Å²) >= 11 is 6.46. The molecule has 0 bridgehead atoms. The van der Waals surface area contributed by atoms with Gasteiger partial charge in [0.1, 0.15) is 9.57 Å². The Bertz CT molecular complexity index is 492. The van der Waals surface area contributed by atoms with Gasteiger partial charge in [-0.2, -0.15) is 0 Å². The number of carbonyl (C=O) groups excluding carboxylic acids is 2. The van der Waals surface area contributed by atoms with Crippen molar-refractivity contribution in [2.24, 2.45) is 0 Å². The van der Waals surface area contributed by atoms with E-state index in [1.165, 1.54) is 18.8 Å². The third-order valence-electron chi connectivity index (χ3n) is 2.39. The Balaban J connectivity index is 2.93. The van der Waals surface area contributed by atoms with Crippen molar-refractivity contribution in [3.8, 4) is 0 Å². The first kappa shape index (κ1) is 16.5. The molecule has 0 aliphatic rings. The molecule has 1 atom stereocenters. The average Bonchev–Trinajstić information content (AvgIpc) is 2.44. The van der Waals surface area contributed by atoms with Crippen molar-refractivity contribution in [1.82, 2.24) is 15.5 Å². The lowest BCUT2D eigenvalue weighted by atomic mass is 10.1. The maximum atomic E-state index is 12.2. The zero-order chi connectivity index (χ0) is 15.1. The summed E-state index contributed by atoms with van der Waals surface area (Å²) in [5.41, 5.74) is 0.795. The fourth-order valence-electron chi connectivity index (χ4n) is 1.35. The van der Waals surface area contributed by atoms with E-state index >= 15 is 0 Å². The van der Waals surface area contributed by atoms with Crippen molar-refractivity contribution in [2.45, 2.75) is 5.25 Å². The van der Waals surface area contributed by atoms with Crippen LogP contribution in [-0.4, -0.2) is 42.3 Å². The Morgan fingerprint density at radius 1 is 1.25 bits per heavy atom. The molecule has 0 radical (unpaired) electrons. The largest absolute Gasteiger partial charge is 0.364 e. The van der Waals surface area contributed by atoms with E-state index in [0.29, 0.717) is 4.32 Å². The fraction of sp³-hybridized carbons (Fsp3) is 0.308. The lowest BCUT2D eigenvalue weighted by Gasteiger charge is -2.20. The van der Waals surface area contributed by atoms with Crippen LogP contribution in [0.3, 0.4) is 0 Å². The standard InChI is InChI=1S/C13H17N3O2S2/c1-14-12(18)15-11(17)10(20-13(19)16(2)3)9-7-5-4-6-8-9/h4-8,10H,1-3H3,(H2,14,15,17,18)/t10-/m0/s1. The molecule has 0 spiro atoms. The molecule has 0 saturated carbocycles. The van der Waals surface area contributed by atoms with Crippen LogP contribution in [0.15, 0.2) is 30.3 Å². The molecule has 0 aliphatic carbocycles. The van der Waals surface area contributed by atoms with E-state index in [4.69, 9.17) is 12.2 Å². The van der Waals surface area contributed by atoms with Gasteiger partial charge in [-0.1, -0.05) is 54.3 Å². The molecule has 0 fully saturated rings. The molecule has 20 heavy (non-hydrogen) atoms. The molecule has 0 unspecified atom stereocenters. The van der Waals surface area contributed by atoms with Crippen molar-refractivity contribution >= 4 is 40.2 Å². The zero-order valence-electron chi connectivity index (χ0n) is 11.5. The number of benzene rings is 1. The van der Waals surface area contributed by atoms with E-state index in [1.807, 2.05) is 44.4 Å². The van der Waals surface area contributed by atoms with E-state index in [0.717, 1.165) is 5.56 Å². The molecule has 1 aromatic carbocycles. The number of hydrogen-bond acceptors (Lipinski definition) is 4. The smallest absolute Gasteiger partial charge is 0.321 e. The van der Waals surface area contributed by atoms with Crippen molar-refractivity contribution < 1.29 is 9.59 Å². The molecule has 3 amide bonds. The second kappa shape index (κ2) is 7.86. The summed E-state index contributed by atoms with van der Waals surface area (Å²) in [5.74, 6) is -0.398. The molecular formula is C13H17N3O2S2. The van der Waals surface area contributed by atoms with Crippen LogP contribution in [-0.2, 0) is 4.79 Å². The van der Waals surface area contributed by atoms with Gasteiger partial charge in [-0.05, 0) is 5.56 Å². The molecule has 5 nitrogen and oxygen atoms in total. The fourth-order valence-corrected chi connectivity index (χ4v) is 2.51. The number of carbonyl (C=O) groups is 2. The van der Waals surface area contributed by atoms with Crippen LogP contribution >= 0.6 is 24.0 Å². The molecule has 1 aromatic rings. The van der Waals surface area contributed by atoms with Gasteiger partial charge in [-0.25, -0.2) is 4.79 Å². The first-order valence-electron chi connectivity index (χ1n) is 5.91. The zero-order valence-corrected chi connectivity index (χ0v) is 13.2. The van der Waals surface area contributed by atoms with Crippen LogP contribution < -0.4 is 10.6 Å². The second-order valence-electron chi connectivity index (χ2n) is 4.14. The maximum absolute atomic E-state index is 12.2. The monoisotopic (exact) mass is 311 g/mol. The second-order valence-corrected chi connectivity index (χ2v) is 5.88. The Hall–Kier alpha value is -1.60. The van der Waals surface area contributed by atoms with Gasteiger partial charge in [-0.15, -0.1) is 0 Å². The van der Waals surface area contributed by atoms with Crippen LogP contribution in [0.25, 0.3) is 0 Å². The predicted molar refractivity (Wildman–Crippen MR) is 85.7 cm³/mol. The molecule has 108 valence electrons. The lowest BCUT2D eigenvalue weighted by molar-refractivity contribution is -0.119. The number of imide groups is 1. The third-order valence-corrected chi connectivity index (χ3v) is 4.33. The van der Waals surface area contributed by atoms with Crippen molar-refractivity contribution in [3.05, 3.63) is 35.9 Å². The van der Waals surface area contributed by atoms with Crippen LogP contribution in [0, 0.1) is 0 Å². The van der Waals surface area contributed by atoms with E-state index in [2.05, 4.69) is 10.6 Å². The van der Waals surface area contributed by atoms with Crippen LogP contribution in [0.5, 0.6) is 0 Å². The molecule has 2 N–H and O–H groups in total. The normalized spacial score (nSPS) is 11.3. The van der Waals surface area contributed by atoms with Gasteiger partial charge in [0.25, 0.3) is 0 Å². The van der Waals surface area contributed by atoms with Crippen molar-refractivity contribution in [2.75, 3.05) is 21.1 Å². The number of thiocarbonyl (C=S) groups is 1. The topological polar surface area (TPSA) is 61.4 Å². The SMILES string of the molecule is CNC(=O)NC(=O)[C@@H](SC(=S)N(C)C)c1ccccc1. The van der Waals surface area contributed by atoms with E-state index in [-0.39, 0.29) is 0 Å². The minimum absolute atomic E-state index is 0.398. The van der Waals surface area contributed by atoms with Gasteiger partial charge in [0.15, 0.2) is 0 Å². The Morgan fingerprint density at radius 3 is 2.35 bits per heavy atom. The van der Waals surface area contributed by atoms with Crippen LogP contribution in [0.4, 0.5) is 4.79 Å². The van der Waals surface area contributed by atoms with E-state index in [1.54, 1.807) is 4.90 Å². The number of nitrogens with one attached hydrogen (secondary N) is 2. The number of hydrogen-bond donors (Lipinski definition) is 2. The number of thioether (sulfide) groups is 1. The first-order valence-corrected chi connectivity index (χ1v) is 7.20. The third kappa shape index (κ3) is 4.82.